The molecule has 0 saturated heterocycles. The van der Waals surface area contributed by atoms with Crippen LogP contribution in [0.3, 0.4) is 0 Å². The second kappa shape index (κ2) is 4.31. The van der Waals surface area contributed by atoms with Gasteiger partial charge in [0.05, 0.1) is 0 Å². The third kappa shape index (κ3) is 2.38. The Labute approximate surface area is 78.0 Å². The van der Waals surface area contributed by atoms with Crippen LogP contribution in [0, 0.1) is 0 Å². The lowest BCUT2D eigenvalue weighted by molar-refractivity contribution is 0.966. The fraction of sp³-hybridized carbons (Fsp3) is 0.429. The number of hydrogen-bond acceptors (Lipinski definition) is 3. The third-order valence-electron chi connectivity index (χ3n) is 1.39. The highest BCUT2D eigenvalue weighted by atomic mass is 35.5. The Bertz CT molecular complexity index is 267. The Morgan fingerprint density at radius 2 is 2.42 bits per heavy atom. The van der Waals surface area contributed by atoms with Crippen molar-refractivity contribution in [1.82, 2.24) is 9.97 Å². The van der Waals surface area contributed by atoms with E-state index in [0.717, 1.165) is 18.6 Å². The van der Waals surface area contributed by atoms with Crippen molar-refractivity contribution < 1.29 is 0 Å². The molecule has 0 fully saturated rings. The summed E-state index contributed by atoms with van der Waals surface area (Å²) in [4.78, 5) is 8.18. The first kappa shape index (κ1) is 9.32. The van der Waals surface area contributed by atoms with Gasteiger partial charge in [0.1, 0.15) is 0 Å². The first-order valence-corrected chi connectivity index (χ1v) is 4.35. The number of anilines is 1. The van der Waals surface area contributed by atoms with Crippen LogP contribution >= 0.6 is 11.6 Å². The second-order valence-corrected chi connectivity index (χ2v) is 2.94. The molecule has 0 aromatic carbocycles. The molecule has 1 aromatic heterocycles. The number of nitrogens with one attached hydrogen (secondary N) is 1. The third-order valence-corrected chi connectivity index (χ3v) is 1.66. The van der Waals surface area contributed by atoms with E-state index in [0.29, 0.717) is 11.0 Å². The SMILES string of the molecule is Bc1cnc(NCCC)c(Cl)n1. The largest absolute Gasteiger partial charge is 0.368 e. The molecule has 1 aromatic rings. The van der Waals surface area contributed by atoms with Crippen molar-refractivity contribution in [1.29, 1.82) is 0 Å². The highest BCUT2D eigenvalue weighted by Gasteiger charge is 2.00. The molecular weight excluding hydrogens is 172 g/mol. The molecule has 12 heavy (non-hydrogen) atoms. The average Bonchev–Trinajstić information content (AvgIpc) is 2.03. The molecule has 0 aliphatic heterocycles. The predicted octanol–water partition coefficient (Wildman–Crippen LogP) is 0.210. The first-order chi connectivity index (χ1) is 5.74. The Morgan fingerprint density at radius 3 is 3.00 bits per heavy atom. The van der Waals surface area contributed by atoms with Gasteiger partial charge in [0.2, 0.25) is 0 Å². The number of aromatic nitrogens is 2. The lowest BCUT2D eigenvalue weighted by Gasteiger charge is -2.04. The van der Waals surface area contributed by atoms with Crippen molar-refractivity contribution in [3.63, 3.8) is 0 Å². The van der Waals surface area contributed by atoms with Crippen LogP contribution in [0.1, 0.15) is 13.3 Å². The van der Waals surface area contributed by atoms with Gasteiger partial charge in [-0.25, -0.2) is 9.97 Å². The molecule has 0 bridgehead atoms. The summed E-state index contributed by atoms with van der Waals surface area (Å²) in [6.45, 7) is 2.96. The monoisotopic (exact) mass is 183 g/mol. The van der Waals surface area contributed by atoms with E-state index in [9.17, 15) is 0 Å². The molecule has 0 aliphatic rings. The lowest BCUT2D eigenvalue weighted by atomic mass is 10.1. The van der Waals surface area contributed by atoms with Gasteiger partial charge in [-0.1, -0.05) is 18.5 Å². The van der Waals surface area contributed by atoms with E-state index in [1.165, 1.54) is 0 Å². The molecule has 0 saturated carbocycles. The zero-order valence-electron chi connectivity index (χ0n) is 7.26. The van der Waals surface area contributed by atoms with E-state index in [-0.39, 0.29) is 0 Å². The molecule has 0 aliphatic carbocycles. The van der Waals surface area contributed by atoms with Crippen LogP contribution in [-0.2, 0) is 0 Å². The quantitative estimate of drug-likeness (QED) is 0.681. The molecule has 0 spiro atoms. The molecule has 1 rings (SSSR count). The molecule has 0 atom stereocenters. The number of nitrogens with zero attached hydrogens (tertiary/aromatic N) is 2. The number of hydrogen-bond donors (Lipinski definition) is 1. The normalized spacial score (nSPS) is 9.83. The molecule has 0 unspecified atom stereocenters. The molecular formula is C7H11BClN3. The lowest BCUT2D eigenvalue weighted by Crippen LogP contribution is -2.12. The maximum absolute atomic E-state index is 5.83. The minimum absolute atomic E-state index is 0.448. The minimum Gasteiger partial charge on any atom is -0.368 e. The van der Waals surface area contributed by atoms with E-state index in [1.807, 2.05) is 7.85 Å². The van der Waals surface area contributed by atoms with Crippen molar-refractivity contribution in [2.75, 3.05) is 11.9 Å². The van der Waals surface area contributed by atoms with E-state index in [4.69, 9.17) is 11.6 Å². The summed E-state index contributed by atoms with van der Waals surface area (Å²) in [6, 6.07) is 0. The van der Waals surface area contributed by atoms with Crippen LogP contribution < -0.4 is 10.9 Å². The Kier molecular flexibility index (Phi) is 3.35. The number of halogens is 1. The molecule has 1 heterocycles. The maximum atomic E-state index is 5.83. The van der Waals surface area contributed by atoms with Gasteiger partial charge >= 0.3 is 0 Å². The van der Waals surface area contributed by atoms with Gasteiger partial charge < -0.3 is 5.32 Å². The van der Waals surface area contributed by atoms with Crippen LogP contribution in [-0.4, -0.2) is 24.4 Å². The Hall–Kier alpha value is -0.765. The Morgan fingerprint density at radius 1 is 1.67 bits per heavy atom. The predicted molar refractivity (Wildman–Crippen MR) is 54.0 cm³/mol. The van der Waals surface area contributed by atoms with Crippen molar-refractivity contribution in [2.24, 2.45) is 0 Å². The molecule has 3 nitrogen and oxygen atoms in total. The van der Waals surface area contributed by atoms with Crippen molar-refractivity contribution >= 4 is 30.9 Å². The van der Waals surface area contributed by atoms with Crippen LogP contribution in [0.25, 0.3) is 0 Å². The van der Waals surface area contributed by atoms with E-state index < -0.39 is 0 Å². The maximum Gasteiger partial charge on any atom is 0.170 e. The standard InChI is InChI=1S/C7H11BClN3/c1-2-3-10-7-6(9)12-5(8)4-11-7/h4H,2-3,8H2,1H3,(H,10,11). The van der Waals surface area contributed by atoms with Gasteiger partial charge in [-0.2, -0.15) is 0 Å². The number of rotatable bonds is 3. The fourth-order valence-corrected chi connectivity index (χ4v) is 1.06. The van der Waals surface area contributed by atoms with Crippen LogP contribution in [0.4, 0.5) is 5.82 Å². The van der Waals surface area contributed by atoms with Gasteiger partial charge in [-0.05, 0) is 6.42 Å². The minimum atomic E-state index is 0.448. The summed E-state index contributed by atoms with van der Waals surface area (Å²) in [5, 5.41) is 3.53. The molecule has 64 valence electrons. The van der Waals surface area contributed by atoms with Gasteiger partial charge in [0.15, 0.2) is 18.8 Å². The van der Waals surface area contributed by atoms with Crippen molar-refractivity contribution in [3.05, 3.63) is 11.3 Å². The summed E-state index contributed by atoms with van der Waals surface area (Å²) < 4.78 is 0. The van der Waals surface area contributed by atoms with Gasteiger partial charge in [-0.15, -0.1) is 0 Å². The highest BCUT2D eigenvalue weighted by Crippen LogP contribution is 2.12. The second-order valence-electron chi connectivity index (χ2n) is 2.58. The Balaban J connectivity index is 2.72. The van der Waals surface area contributed by atoms with Crippen LogP contribution in [0.15, 0.2) is 6.20 Å². The van der Waals surface area contributed by atoms with Gasteiger partial charge in [0, 0.05) is 18.3 Å². The van der Waals surface area contributed by atoms with Gasteiger partial charge in [-0.3, -0.25) is 0 Å². The fourth-order valence-electron chi connectivity index (χ4n) is 0.810. The molecule has 1 N–H and O–H groups in total. The van der Waals surface area contributed by atoms with E-state index in [2.05, 4.69) is 22.2 Å². The summed E-state index contributed by atoms with van der Waals surface area (Å²) in [6.07, 6.45) is 2.75. The zero-order valence-corrected chi connectivity index (χ0v) is 8.02. The topological polar surface area (TPSA) is 37.8 Å². The smallest absolute Gasteiger partial charge is 0.170 e. The zero-order chi connectivity index (χ0) is 8.97. The highest BCUT2D eigenvalue weighted by molar-refractivity contribution is 6.34. The molecule has 0 radical (unpaired) electrons. The van der Waals surface area contributed by atoms with E-state index in [1.54, 1.807) is 6.20 Å². The van der Waals surface area contributed by atoms with Crippen LogP contribution in [0.2, 0.25) is 5.15 Å². The first-order valence-electron chi connectivity index (χ1n) is 3.97. The van der Waals surface area contributed by atoms with Gasteiger partial charge in [0.25, 0.3) is 0 Å². The van der Waals surface area contributed by atoms with E-state index >= 15 is 0 Å². The summed E-state index contributed by atoms with van der Waals surface area (Å²) in [5.74, 6) is 0.670. The summed E-state index contributed by atoms with van der Waals surface area (Å²) >= 11 is 5.83. The summed E-state index contributed by atoms with van der Waals surface area (Å²) in [7, 11) is 1.86. The van der Waals surface area contributed by atoms with Crippen molar-refractivity contribution in [3.8, 4) is 0 Å². The summed E-state index contributed by atoms with van der Waals surface area (Å²) in [5.41, 5.74) is 0.835. The van der Waals surface area contributed by atoms with Crippen molar-refractivity contribution in [2.45, 2.75) is 13.3 Å². The molecule has 5 heteroatoms. The molecule has 0 amide bonds. The van der Waals surface area contributed by atoms with Crippen LogP contribution in [0.5, 0.6) is 0 Å². The average molecular weight is 183 g/mol.